The summed E-state index contributed by atoms with van der Waals surface area (Å²) in [7, 11) is 0. The third-order valence-electron chi connectivity index (χ3n) is 5.71. The Kier molecular flexibility index (Phi) is 5.84. The van der Waals surface area contributed by atoms with Gasteiger partial charge >= 0.3 is 0 Å². The normalized spacial score (nSPS) is 20.1. The first-order valence-corrected chi connectivity index (χ1v) is 10.0. The molecule has 2 aliphatic heterocycles. The summed E-state index contributed by atoms with van der Waals surface area (Å²) >= 11 is 0. The molecule has 0 spiro atoms. The first-order chi connectivity index (χ1) is 13.2. The average Bonchev–Trinajstić information content (AvgIpc) is 3.20. The number of carbonyl (C=O) groups is 1. The first kappa shape index (κ1) is 20.5. The number of aromatic hydroxyl groups is 1. The first-order valence-electron chi connectivity index (χ1n) is 10.0. The van der Waals surface area contributed by atoms with Gasteiger partial charge in [-0.05, 0) is 59.4 Å². The van der Waals surface area contributed by atoms with E-state index in [1.165, 1.54) is 17.2 Å². The Bertz CT molecular complexity index is 831. The van der Waals surface area contributed by atoms with Crippen molar-refractivity contribution in [3.8, 4) is 11.5 Å². The lowest BCUT2D eigenvalue weighted by molar-refractivity contribution is -0.0435. The van der Waals surface area contributed by atoms with Crippen LogP contribution in [0.4, 0.5) is 0 Å². The van der Waals surface area contributed by atoms with Crippen molar-refractivity contribution in [3.63, 3.8) is 0 Å². The van der Waals surface area contributed by atoms with Crippen LogP contribution in [0.1, 0.15) is 74.9 Å². The fourth-order valence-electron chi connectivity index (χ4n) is 3.89. The van der Waals surface area contributed by atoms with Gasteiger partial charge in [-0.25, -0.2) is 0 Å². The van der Waals surface area contributed by atoms with Crippen molar-refractivity contribution in [2.75, 3.05) is 0 Å². The topological polar surface area (TPSA) is 78.8 Å². The molecule has 0 radical (unpaired) electrons. The van der Waals surface area contributed by atoms with E-state index in [9.17, 15) is 15.0 Å². The minimum Gasteiger partial charge on any atom is -0.508 e. The lowest BCUT2D eigenvalue weighted by atomic mass is 9.89. The van der Waals surface area contributed by atoms with Crippen molar-refractivity contribution < 1.29 is 19.7 Å². The number of hydrogen-bond acceptors (Lipinski definition) is 4. The lowest BCUT2D eigenvalue weighted by Gasteiger charge is -2.29. The molecular weight excluding hydrogens is 354 g/mol. The number of phenolic OH excluding ortho intramolecular Hbond substituents is 1. The molecule has 2 aliphatic rings. The van der Waals surface area contributed by atoms with Crippen LogP contribution in [-0.4, -0.2) is 27.8 Å². The fraction of sp³-hybridized carbons (Fsp3) is 0.522. The highest BCUT2D eigenvalue weighted by atomic mass is 16.5. The smallest absolute Gasteiger partial charge is 0.252 e. The zero-order valence-corrected chi connectivity index (χ0v) is 17.3. The molecule has 152 valence electrons. The van der Waals surface area contributed by atoms with E-state index in [4.69, 9.17) is 4.74 Å². The summed E-state index contributed by atoms with van der Waals surface area (Å²) in [6.45, 7) is 8.53. The van der Waals surface area contributed by atoms with Crippen molar-refractivity contribution in [1.82, 2.24) is 5.32 Å². The van der Waals surface area contributed by atoms with Gasteiger partial charge in [-0.1, -0.05) is 23.3 Å². The highest BCUT2D eigenvalue weighted by Gasteiger charge is 2.41. The van der Waals surface area contributed by atoms with E-state index in [-0.39, 0.29) is 11.7 Å². The van der Waals surface area contributed by atoms with Crippen LogP contribution in [0, 0.1) is 0 Å². The molecule has 0 fully saturated rings. The number of nitrogens with one attached hydrogen (secondary N) is 1. The number of aliphatic hydroxyl groups is 1. The van der Waals surface area contributed by atoms with Crippen molar-refractivity contribution >= 4 is 5.91 Å². The van der Waals surface area contributed by atoms with Gasteiger partial charge in [-0.15, -0.1) is 0 Å². The summed E-state index contributed by atoms with van der Waals surface area (Å²) in [5, 5.41) is 24.1. The number of amides is 1. The monoisotopic (exact) mass is 385 g/mol. The summed E-state index contributed by atoms with van der Waals surface area (Å²) < 4.78 is 6.06. The van der Waals surface area contributed by atoms with Gasteiger partial charge in [0.2, 0.25) is 0 Å². The van der Waals surface area contributed by atoms with Crippen LogP contribution in [-0.2, 0) is 13.0 Å². The largest absolute Gasteiger partial charge is 0.508 e. The molecule has 5 nitrogen and oxygen atoms in total. The molecule has 28 heavy (non-hydrogen) atoms. The molecular formula is C23H31NO4. The van der Waals surface area contributed by atoms with Crippen LogP contribution >= 0.6 is 0 Å². The standard InChI is InChI=1S/C23H31NO4/c1-14(2)7-5-8-15(3)9-6-10-23(4,27)20-12-17-19(25)11-16-18(21(17)28-20)13-24-22(16)26/h7,9,11,20,25,27H,5-6,8,10,12-13H2,1-4H3,(H,24,26)/b15-9+. The Morgan fingerprint density at radius 2 is 2.04 bits per heavy atom. The van der Waals surface area contributed by atoms with Gasteiger partial charge < -0.3 is 20.3 Å². The van der Waals surface area contributed by atoms with Crippen molar-refractivity contribution in [2.45, 2.75) is 78.0 Å². The maximum atomic E-state index is 11.9. The number of carbonyl (C=O) groups excluding carboxylic acids is 1. The highest BCUT2D eigenvalue weighted by Crippen LogP contribution is 2.44. The summed E-state index contributed by atoms with van der Waals surface area (Å²) in [6.07, 6.45) is 7.85. The van der Waals surface area contributed by atoms with Gasteiger partial charge in [-0.2, -0.15) is 0 Å². The van der Waals surface area contributed by atoms with E-state index >= 15 is 0 Å². The Morgan fingerprint density at radius 3 is 2.75 bits per heavy atom. The van der Waals surface area contributed by atoms with Crippen LogP contribution in [0.3, 0.4) is 0 Å². The molecule has 5 heteroatoms. The third kappa shape index (κ3) is 4.25. The minimum absolute atomic E-state index is 0.0686. The molecule has 1 amide bonds. The number of hydrogen-bond donors (Lipinski definition) is 3. The van der Waals surface area contributed by atoms with Gasteiger partial charge in [0.15, 0.2) is 0 Å². The van der Waals surface area contributed by atoms with Gasteiger partial charge in [-0.3, -0.25) is 4.79 Å². The fourth-order valence-corrected chi connectivity index (χ4v) is 3.89. The van der Waals surface area contributed by atoms with Crippen LogP contribution in [0.25, 0.3) is 0 Å². The molecule has 3 N–H and O–H groups in total. The number of ether oxygens (including phenoxy) is 1. The SMILES string of the molecule is CC(C)=CCC/C(C)=C/CCC(C)(O)C1Cc2c(O)cc3c(c2O1)CNC3=O. The lowest BCUT2D eigenvalue weighted by Crippen LogP contribution is -2.42. The second kappa shape index (κ2) is 8.00. The number of allylic oxidation sites excluding steroid dienone is 4. The van der Waals surface area contributed by atoms with Gasteiger partial charge in [0.25, 0.3) is 5.91 Å². The molecule has 2 atom stereocenters. The molecule has 2 heterocycles. The Labute approximate surface area is 167 Å². The van der Waals surface area contributed by atoms with E-state index in [0.717, 1.165) is 24.8 Å². The van der Waals surface area contributed by atoms with Crippen LogP contribution in [0.5, 0.6) is 11.5 Å². The van der Waals surface area contributed by atoms with Crippen molar-refractivity contribution in [1.29, 1.82) is 0 Å². The zero-order chi connectivity index (χ0) is 20.5. The average molecular weight is 386 g/mol. The van der Waals surface area contributed by atoms with E-state index < -0.39 is 11.7 Å². The molecule has 0 saturated heterocycles. The maximum Gasteiger partial charge on any atom is 0.252 e. The van der Waals surface area contributed by atoms with E-state index in [2.05, 4.69) is 38.2 Å². The third-order valence-corrected chi connectivity index (χ3v) is 5.71. The Morgan fingerprint density at radius 1 is 1.29 bits per heavy atom. The molecule has 0 aromatic heterocycles. The van der Waals surface area contributed by atoms with Crippen LogP contribution in [0.2, 0.25) is 0 Å². The summed E-state index contributed by atoms with van der Waals surface area (Å²) in [6, 6.07) is 1.51. The second-order valence-corrected chi connectivity index (χ2v) is 8.49. The Hall–Kier alpha value is -2.27. The van der Waals surface area contributed by atoms with Crippen LogP contribution < -0.4 is 10.1 Å². The molecule has 0 bridgehead atoms. The number of phenols is 1. The van der Waals surface area contributed by atoms with E-state index in [0.29, 0.717) is 36.3 Å². The quantitative estimate of drug-likeness (QED) is 0.616. The van der Waals surface area contributed by atoms with Gasteiger partial charge in [0.1, 0.15) is 17.6 Å². The number of fused-ring (bicyclic) bond motifs is 3. The van der Waals surface area contributed by atoms with Crippen molar-refractivity contribution in [2.24, 2.45) is 0 Å². The predicted molar refractivity (Wildman–Crippen MR) is 110 cm³/mol. The Balaban J connectivity index is 1.63. The highest BCUT2D eigenvalue weighted by molar-refractivity contribution is 6.00. The molecule has 1 aromatic rings. The molecule has 0 aliphatic carbocycles. The van der Waals surface area contributed by atoms with E-state index in [1.54, 1.807) is 6.92 Å². The molecule has 2 unspecified atom stereocenters. The molecule has 0 saturated carbocycles. The summed E-state index contributed by atoms with van der Waals surface area (Å²) in [4.78, 5) is 11.9. The zero-order valence-electron chi connectivity index (χ0n) is 17.3. The summed E-state index contributed by atoms with van der Waals surface area (Å²) in [5.74, 6) is 0.437. The summed E-state index contributed by atoms with van der Waals surface area (Å²) in [5.41, 5.74) is 3.57. The molecule has 1 aromatic carbocycles. The number of rotatable bonds is 7. The van der Waals surface area contributed by atoms with Crippen LogP contribution in [0.15, 0.2) is 29.4 Å². The van der Waals surface area contributed by atoms with E-state index in [1.807, 2.05) is 0 Å². The minimum atomic E-state index is -1.02. The van der Waals surface area contributed by atoms with Gasteiger partial charge in [0, 0.05) is 24.1 Å². The number of benzene rings is 1. The van der Waals surface area contributed by atoms with Gasteiger partial charge in [0.05, 0.1) is 11.2 Å². The maximum absolute atomic E-state index is 11.9. The predicted octanol–water partition coefficient (Wildman–Crippen LogP) is 4.16. The molecule has 3 rings (SSSR count). The second-order valence-electron chi connectivity index (χ2n) is 8.49. The van der Waals surface area contributed by atoms with Crippen molar-refractivity contribution in [3.05, 3.63) is 46.1 Å².